The lowest BCUT2D eigenvalue weighted by Gasteiger charge is -2.29. The fraction of sp³-hybridized carbons (Fsp3) is 0.385. The van der Waals surface area contributed by atoms with E-state index >= 15 is 0 Å². The van der Waals surface area contributed by atoms with Crippen LogP contribution in [0.15, 0.2) is 36.4 Å². The average Bonchev–Trinajstić information content (AvgIpc) is 3.32. The van der Waals surface area contributed by atoms with E-state index in [4.69, 9.17) is 4.98 Å². The highest BCUT2D eigenvalue weighted by atomic mass is 16.2. The predicted molar refractivity (Wildman–Crippen MR) is 129 cm³/mol. The van der Waals surface area contributed by atoms with Gasteiger partial charge in [0.05, 0.1) is 0 Å². The summed E-state index contributed by atoms with van der Waals surface area (Å²) in [6.07, 6.45) is 1.53. The van der Waals surface area contributed by atoms with Gasteiger partial charge in [-0.05, 0) is 63.4 Å². The number of carbonyl (C=O) groups excluding carboxylic acids is 3. The lowest BCUT2D eigenvalue weighted by atomic mass is 10.0. The Kier molecular flexibility index (Phi) is 5.19. The molecule has 3 amide bonds. The molecular formula is C26H29N5O3. The van der Waals surface area contributed by atoms with Gasteiger partial charge in [0.2, 0.25) is 11.8 Å². The number of carbonyl (C=O) groups is 3. The number of aryl methyl sites for hydroxylation is 1. The van der Waals surface area contributed by atoms with Crippen molar-refractivity contribution in [3.8, 4) is 11.3 Å². The number of imidazole rings is 1. The van der Waals surface area contributed by atoms with Crippen LogP contribution in [0.25, 0.3) is 16.9 Å². The first-order valence-electron chi connectivity index (χ1n) is 11.7. The van der Waals surface area contributed by atoms with Crippen LogP contribution in [0.1, 0.15) is 61.6 Å². The second-order valence-electron chi connectivity index (χ2n) is 9.80. The Bertz CT molecular complexity index is 1340. The van der Waals surface area contributed by atoms with E-state index in [1.807, 2.05) is 30.3 Å². The number of benzene rings is 1. The molecule has 1 aromatic carbocycles. The van der Waals surface area contributed by atoms with Gasteiger partial charge in [0.15, 0.2) is 0 Å². The number of nitrogens with one attached hydrogen (secondary N) is 2. The molecule has 1 unspecified atom stereocenters. The smallest absolute Gasteiger partial charge is 0.255 e. The minimum Gasteiger partial charge on any atom is -0.364 e. The molecule has 2 N–H and O–H groups in total. The zero-order chi connectivity index (χ0) is 24.2. The van der Waals surface area contributed by atoms with Gasteiger partial charge in [-0.1, -0.05) is 19.1 Å². The van der Waals surface area contributed by atoms with Crippen LogP contribution in [-0.4, -0.2) is 43.6 Å². The first kappa shape index (κ1) is 22.1. The quantitative estimate of drug-likeness (QED) is 0.568. The number of anilines is 1. The van der Waals surface area contributed by atoms with Gasteiger partial charge in [-0.15, -0.1) is 0 Å². The van der Waals surface area contributed by atoms with Crippen molar-refractivity contribution in [2.24, 2.45) is 0 Å². The number of rotatable bonds is 5. The van der Waals surface area contributed by atoms with Crippen LogP contribution in [-0.2, 0) is 16.1 Å². The summed E-state index contributed by atoms with van der Waals surface area (Å²) in [6, 6.07) is 11.2. The van der Waals surface area contributed by atoms with E-state index in [9.17, 15) is 14.4 Å². The molecule has 8 nitrogen and oxygen atoms in total. The summed E-state index contributed by atoms with van der Waals surface area (Å²) in [4.78, 5) is 43.5. The number of fused-ring (bicyclic) bond motifs is 2. The molecule has 176 valence electrons. The summed E-state index contributed by atoms with van der Waals surface area (Å²) in [6.45, 7) is 8.86. The second kappa shape index (κ2) is 7.97. The highest BCUT2D eigenvalue weighted by Gasteiger charge is 2.39. The molecule has 8 heteroatoms. The van der Waals surface area contributed by atoms with Gasteiger partial charge in [-0.2, -0.15) is 0 Å². The maximum Gasteiger partial charge on any atom is 0.255 e. The molecule has 1 atom stereocenters. The second-order valence-corrected chi connectivity index (χ2v) is 9.80. The van der Waals surface area contributed by atoms with Crippen LogP contribution in [0.2, 0.25) is 0 Å². The molecule has 0 saturated carbocycles. The number of hydrogen-bond acceptors (Lipinski definition) is 5. The Hall–Kier alpha value is -3.68. The third-order valence-corrected chi connectivity index (χ3v) is 6.98. The third-order valence-electron chi connectivity index (χ3n) is 6.98. The Morgan fingerprint density at radius 3 is 2.71 bits per heavy atom. The van der Waals surface area contributed by atoms with Gasteiger partial charge in [0.25, 0.3) is 5.91 Å². The molecule has 2 aliphatic heterocycles. The molecule has 2 aromatic heterocycles. The normalized spacial score (nSPS) is 18.4. The molecule has 34 heavy (non-hydrogen) atoms. The van der Waals surface area contributed by atoms with Crippen molar-refractivity contribution in [1.82, 2.24) is 19.6 Å². The van der Waals surface area contributed by atoms with Gasteiger partial charge < -0.3 is 10.2 Å². The highest BCUT2D eigenvalue weighted by molar-refractivity contribution is 6.05. The number of amides is 3. The molecule has 2 aliphatic rings. The van der Waals surface area contributed by atoms with E-state index in [2.05, 4.69) is 48.8 Å². The van der Waals surface area contributed by atoms with Crippen molar-refractivity contribution in [3.05, 3.63) is 53.2 Å². The summed E-state index contributed by atoms with van der Waals surface area (Å²) < 4.78 is 2.13. The summed E-state index contributed by atoms with van der Waals surface area (Å²) in [7, 11) is 0. The van der Waals surface area contributed by atoms with Crippen molar-refractivity contribution >= 4 is 29.2 Å². The van der Waals surface area contributed by atoms with Gasteiger partial charge in [0.1, 0.15) is 23.2 Å². The zero-order valence-electron chi connectivity index (χ0n) is 19.9. The van der Waals surface area contributed by atoms with Crippen molar-refractivity contribution in [2.45, 2.75) is 65.1 Å². The van der Waals surface area contributed by atoms with E-state index < -0.39 is 11.9 Å². The fourth-order valence-corrected chi connectivity index (χ4v) is 4.70. The lowest BCUT2D eigenvalue weighted by molar-refractivity contribution is -0.136. The Balaban J connectivity index is 1.55. The Morgan fingerprint density at radius 1 is 1.18 bits per heavy atom. The monoisotopic (exact) mass is 459 g/mol. The maximum atomic E-state index is 13.1. The maximum absolute atomic E-state index is 13.1. The molecule has 0 radical (unpaired) electrons. The van der Waals surface area contributed by atoms with Crippen LogP contribution >= 0.6 is 0 Å². The van der Waals surface area contributed by atoms with E-state index in [1.165, 1.54) is 0 Å². The van der Waals surface area contributed by atoms with Gasteiger partial charge >= 0.3 is 0 Å². The topological polar surface area (TPSA) is 95.8 Å². The minimum absolute atomic E-state index is 0.137. The minimum atomic E-state index is -0.624. The van der Waals surface area contributed by atoms with E-state index in [1.54, 1.807) is 4.90 Å². The zero-order valence-corrected chi connectivity index (χ0v) is 19.9. The van der Waals surface area contributed by atoms with Gasteiger partial charge in [-0.25, -0.2) is 4.98 Å². The number of piperidine rings is 1. The van der Waals surface area contributed by atoms with Crippen LogP contribution in [0.3, 0.4) is 0 Å². The van der Waals surface area contributed by atoms with Crippen LogP contribution in [0, 0.1) is 6.92 Å². The highest BCUT2D eigenvalue weighted by Crippen LogP contribution is 2.36. The molecule has 5 rings (SSSR count). The number of aromatic nitrogens is 2. The van der Waals surface area contributed by atoms with Crippen molar-refractivity contribution in [2.75, 3.05) is 5.32 Å². The van der Waals surface area contributed by atoms with Crippen LogP contribution in [0.5, 0.6) is 0 Å². The van der Waals surface area contributed by atoms with E-state index in [-0.39, 0.29) is 23.8 Å². The summed E-state index contributed by atoms with van der Waals surface area (Å²) in [5.41, 5.74) is 4.98. The SMILES string of the molecule is CCC(C)(C)Nc1c(-c2ccc3c(c2)CN(C2CCC(=O)NC2=O)C3=O)nc2cccc(C)n12. The van der Waals surface area contributed by atoms with Crippen molar-refractivity contribution in [3.63, 3.8) is 0 Å². The van der Waals surface area contributed by atoms with Crippen molar-refractivity contribution < 1.29 is 14.4 Å². The van der Waals surface area contributed by atoms with E-state index in [0.29, 0.717) is 18.5 Å². The molecule has 4 heterocycles. The van der Waals surface area contributed by atoms with Crippen molar-refractivity contribution in [1.29, 1.82) is 0 Å². The number of imide groups is 1. The van der Waals surface area contributed by atoms with Crippen LogP contribution in [0.4, 0.5) is 5.82 Å². The molecule has 0 aliphatic carbocycles. The predicted octanol–water partition coefficient (Wildman–Crippen LogP) is 3.67. The van der Waals surface area contributed by atoms with Gasteiger partial charge in [-0.3, -0.25) is 24.1 Å². The first-order chi connectivity index (χ1) is 16.2. The number of nitrogens with zero attached hydrogens (tertiary/aromatic N) is 3. The molecule has 3 aromatic rings. The summed E-state index contributed by atoms with van der Waals surface area (Å²) >= 11 is 0. The Morgan fingerprint density at radius 2 is 1.97 bits per heavy atom. The first-order valence-corrected chi connectivity index (χ1v) is 11.7. The Labute approximate surface area is 198 Å². The summed E-state index contributed by atoms with van der Waals surface area (Å²) in [5, 5.41) is 6.04. The molecule has 0 spiro atoms. The average molecular weight is 460 g/mol. The van der Waals surface area contributed by atoms with E-state index in [0.717, 1.165) is 40.4 Å². The number of hydrogen-bond donors (Lipinski definition) is 2. The molecule has 1 saturated heterocycles. The molecule has 1 fully saturated rings. The summed E-state index contributed by atoms with van der Waals surface area (Å²) in [5.74, 6) is 0.0604. The third kappa shape index (κ3) is 3.63. The fourth-order valence-electron chi connectivity index (χ4n) is 4.70. The van der Waals surface area contributed by atoms with Crippen LogP contribution < -0.4 is 10.6 Å². The lowest BCUT2D eigenvalue weighted by Crippen LogP contribution is -2.52. The molecular weight excluding hydrogens is 430 g/mol. The largest absolute Gasteiger partial charge is 0.364 e. The molecule has 0 bridgehead atoms. The standard InChI is InChI=1S/C26H29N5O3/c1-5-26(3,4)29-23-22(27-20-8-6-7-15(2)31(20)23)16-9-10-18-17(13-16)14-30(25(18)34)19-11-12-21(32)28-24(19)33/h6-10,13,19,29H,5,11-12,14H2,1-4H3,(H,28,32,33). The number of pyridine rings is 1. The van der Waals surface area contributed by atoms with Gasteiger partial charge in [0, 0.05) is 35.3 Å².